The molecule has 8 aliphatic rings. The van der Waals surface area contributed by atoms with Crippen molar-refractivity contribution in [2.75, 3.05) is 106 Å². The maximum absolute atomic E-state index is 10.3. The van der Waals surface area contributed by atoms with Crippen LogP contribution in [0.4, 0.5) is 0 Å². The molecule has 0 amide bonds. The molecule has 8 N–H and O–H groups in total. The van der Waals surface area contributed by atoms with Gasteiger partial charge in [0, 0.05) is 106 Å². The summed E-state index contributed by atoms with van der Waals surface area (Å²) in [5, 5.41) is 82.2. The van der Waals surface area contributed by atoms with Crippen LogP contribution in [0, 0.1) is 0 Å². The van der Waals surface area contributed by atoms with E-state index in [1.807, 2.05) is 48.5 Å². The van der Waals surface area contributed by atoms with Crippen molar-refractivity contribution in [3.05, 3.63) is 243 Å². The summed E-state index contributed by atoms with van der Waals surface area (Å²) in [6, 6.07) is 66.6. The summed E-state index contributed by atoms with van der Waals surface area (Å²) in [5.41, 5.74) is 0. The molecule has 36 heteroatoms. The van der Waals surface area contributed by atoms with Crippen molar-refractivity contribution < 1.29 is 330 Å². The third-order valence-electron chi connectivity index (χ3n) is 12.6. The number of benzene rings is 8. The van der Waals surface area contributed by atoms with Crippen molar-refractivity contribution in [1.82, 2.24) is 0 Å². The van der Waals surface area contributed by atoms with Crippen LogP contribution in [-0.2, 0) is 107 Å². The predicted molar refractivity (Wildman–Crippen MR) is 383 cm³/mol. The molecule has 4 radical (unpaired) electrons. The number of hydrogen-bond acceptors (Lipinski definition) is 24. The van der Waals surface area contributed by atoms with Gasteiger partial charge in [-0.05, 0) is 103 Å². The molecule has 24 nitrogen and oxygen atoms in total. The molecule has 0 atom stereocenters. The van der Waals surface area contributed by atoms with Crippen LogP contribution in [0.25, 0.3) is 0 Å². The Hall–Kier alpha value is -2.19. The molecule has 8 aromatic rings. The van der Waals surface area contributed by atoms with Gasteiger partial charge < -0.3 is 147 Å². The second-order valence-electron chi connectivity index (χ2n) is 21.1. The topological polar surface area (TPSA) is 498 Å². The minimum atomic E-state index is 0. The fourth-order valence-corrected chi connectivity index (χ4v) is 7.45. The maximum Gasteiger partial charge on any atom is 3.00 e. The van der Waals surface area contributed by atoms with Crippen LogP contribution in [0.5, 0.6) is 46.0 Å². The van der Waals surface area contributed by atoms with Crippen LogP contribution in [0.1, 0.15) is 103 Å². The Labute approximate surface area is 818 Å². The molecule has 8 aromatic carbocycles. The molecule has 0 aliphatic carbocycles. The number of para-hydroxylation sites is 8. The van der Waals surface area contributed by atoms with E-state index in [9.17, 15) is 40.9 Å². The average molecular weight is 1780 g/mol. The first-order valence-electron chi connectivity index (χ1n) is 33.5. The van der Waals surface area contributed by atoms with E-state index < -0.39 is 0 Å². The van der Waals surface area contributed by atoms with Crippen molar-refractivity contribution in [1.29, 1.82) is 0 Å². The van der Waals surface area contributed by atoms with Crippen molar-refractivity contribution in [3.8, 4) is 46.0 Å². The maximum atomic E-state index is 10.3. The first kappa shape index (κ1) is 165. The second kappa shape index (κ2) is 136. The van der Waals surface area contributed by atoms with Gasteiger partial charge in [0.1, 0.15) is 0 Å². The van der Waals surface area contributed by atoms with Gasteiger partial charge in [-0.15, -0.1) is 46.0 Å². The van der Waals surface area contributed by atoms with Gasteiger partial charge in [0.25, 0.3) is 0 Å². The van der Waals surface area contributed by atoms with E-state index >= 15 is 0 Å². The third-order valence-corrected chi connectivity index (χ3v) is 12.6. The predicted octanol–water partition coefficient (Wildman–Crippen LogP) is -12.9. The second-order valence-corrected chi connectivity index (χ2v) is 21.1. The standard InChI is InChI=1S/8C6H6O.8C4H8O.2ClH.4Cr.6Li.8H2O/c8*7-6-4-2-1-3-5-6;8*1-2-4-5-3-1;;;;;;;;;;;;;;;;;;;;/h8*1-5,7H;8*1-4H2;2*1H;;;;;;;;;;;8*1H2/q;;;;;;;;;;;;;;;;;;4*+3;6*+1;;;;;;;;/p-18. The van der Waals surface area contributed by atoms with Crippen LogP contribution >= 0.6 is 0 Å². The molecule has 0 saturated carbocycles. The minimum Gasteiger partial charge on any atom is -1.00 e. The first-order chi connectivity index (χ1) is 47.2. The van der Waals surface area contributed by atoms with Gasteiger partial charge in [0.15, 0.2) is 0 Å². The van der Waals surface area contributed by atoms with Gasteiger partial charge in [-0.1, -0.05) is 243 Å². The number of halogens is 2. The van der Waals surface area contributed by atoms with Gasteiger partial charge in [-0.2, -0.15) is 0 Å². The molecule has 0 aromatic heterocycles. The van der Waals surface area contributed by atoms with Crippen LogP contribution < -0.4 is 179 Å². The fourth-order valence-electron chi connectivity index (χ4n) is 7.45. The molecule has 116 heavy (non-hydrogen) atoms. The molecule has 0 bridgehead atoms. The molecule has 620 valence electrons. The zero-order valence-corrected chi connectivity index (χ0v) is 74.8. The third kappa shape index (κ3) is 132. The molecule has 8 saturated heterocycles. The van der Waals surface area contributed by atoms with Crippen molar-refractivity contribution in [2.24, 2.45) is 0 Å². The molecule has 0 spiro atoms. The van der Waals surface area contributed by atoms with E-state index in [2.05, 4.69) is 0 Å². The fraction of sp³-hybridized carbons (Fsp3) is 0.400. The van der Waals surface area contributed by atoms with E-state index in [1.54, 1.807) is 97.1 Å². The largest absolute Gasteiger partial charge is 3.00 e. The van der Waals surface area contributed by atoms with Gasteiger partial charge in [-0.3, -0.25) is 0 Å². The Morgan fingerprint density at radius 1 is 0.138 bits per heavy atom. The molecule has 16 rings (SSSR count). The van der Waals surface area contributed by atoms with E-state index in [1.165, 1.54) is 200 Å². The zero-order valence-electron chi connectivity index (χ0n) is 68.2. The Kier molecular flexibility index (Phi) is 193. The van der Waals surface area contributed by atoms with Gasteiger partial charge in [0.05, 0.1) is 0 Å². The van der Waals surface area contributed by atoms with Gasteiger partial charge in [-0.25, -0.2) is 0 Å². The number of rotatable bonds is 0. The van der Waals surface area contributed by atoms with Crippen LogP contribution in [-0.4, -0.2) is 150 Å². The Balaban J connectivity index is -0.0000000466. The number of hydrogen-bond donors (Lipinski definition) is 0. The van der Waals surface area contributed by atoms with Gasteiger partial charge >= 0.3 is 183 Å². The SMILES string of the molecule is C1CCOC1.C1CCOC1.C1CCOC1.C1CCOC1.C1CCOC1.C1CCOC1.C1CCOC1.C1CCOC1.[Cl-].[Cl-].[Cr+3].[Cr+3].[Cr+3].[Cr+3].[Li+].[Li+].[Li+].[Li+].[Li+].[Li+].[O-]c1ccccc1.[O-]c1ccccc1.[O-]c1ccccc1.[O-]c1ccccc1.[O-]c1ccccc1.[O-]c1ccccc1.[O-]c1ccccc1.[O-]c1ccccc1.[OH-].[OH-].[OH-].[OH-].[OH-].[OH-].[OH-].[OH-]. The minimum absolute atomic E-state index is 0. The molecular weight excluding hydrogens is 1670 g/mol. The normalized spacial score (nSPS) is 12.4. The van der Waals surface area contributed by atoms with Crippen LogP contribution in [0.2, 0.25) is 0 Å². The van der Waals surface area contributed by atoms with Crippen molar-refractivity contribution in [2.45, 2.75) is 103 Å². The molecule has 0 unspecified atom stereocenters. The molecule has 8 fully saturated rings. The summed E-state index contributed by atoms with van der Waals surface area (Å²) < 4.78 is 39.6. The van der Waals surface area contributed by atoms with Crippen molar-refractivity contribution >= 4 is 0 Å². The zero-order chi connectivity index (χ0) is 69.2. The summed E-state index contributed by atoms with van der Waals surface area (Å²) in [6.07, 6.45) is 20.4. The quantitative estimate of drug-likeness (QED) is 0.127. The molecule has 8 aliphatic heterocycles. The summed E-state index contributed by atoms with van der Waals surface area (Å²) in [4.78, 5) is 0. The van der Waals surface area contributed by atoms with Crippen LogP contribution in [0.3, 0.4) is 0 Å². The van der Waals surface area contributed by atoms with E-state index in [0.29, 0.717) is 0 Å². The van der Waals surface area contributed by atoms with Crippen LogP contribution in [0.15, 0.2) is 243 Å². The summed E-state index contributed by atoms with van der Waals surface area (Å²) in [7, 11) is 0. The molecule has 8 heterocycles. The van der Waals surface area contributed by atoms with Crippen molar-refractivity contribution in [3.63, 3.8) is 0 Å². The number of ether oxygens (including phenoxy) is 8. The van der Waals surface area contributed by atoms with E-state index in [0.717, 1.165) is 106 Å². The van der Waals surface area contributed by atoms with E-state index in [4.69, 9.17) is 37.9 Å². The summed E-state index contributed by atoms with van der Waals surface area (Å²) >= 11 is 0. The summed E-state index contributed by atoms with van der Waals surface area (Å²) in [5.74, 6) is 0.574. The summed E-state index contributed by atoms with van der Waals surface area (Å²) in [6.45, 7) is 16.0. The average Bonchev–Trinajstić information content (AvgIpc) is 1.90. The van der Waals surface area contributed by atoms with Gasteiger partial charge in [0.2, 0.25) is 0 Å². The first-order valence-corrected chi connectivity index (χ1v) is 33.5. The Morgan fingerprint density at radius 3 is 0.224 bits per heavy atom. The Morgan fingerprint density at radius 2 is 0.198 bits per heavy atom. The Bertz CT molecular complexity index is 2140. The smallest absolute Gasteiger partial charge is 1.00 e. The monoisotopic (exact) mass is 1780 g/mol. The molecular formula is C80H112Cl2Cr4Li6O24. The van der Waals surface area contributed by atoms with E-state index in [-0.39, 0.29) is 297 Å².